The molecule has 0 fully saturated rings. The van der Waals surface area contributed by atoms with E-state index in [1.54, 1.807) is 6.20 Å². The normalized spacial score (nSPS) is 10.9. The Morgan fingerprint density at radius 3 is 2.82 bits per heavy atom. The molecule has 3 aromatic rings. The zero-order chi connectivity index (χ0) is 11.8. The lowest BCUT2D eigenvalue weighted by molar-refractivity contribution is 1.33. The highest BCUT2D eigenvalue weighted by molar-refractivity contribution is 5.95. The Labute approximate surface area is 99.3 Å². The van der Waals surface area contributed by atoms with Crippen molar-refractivity contribution in [3.8, 4) is 11.3 Å². The molecule has 3 rings (SSSR count). The van der Waals surface area contributed by atoms with E-state index < -0.39 is 0 Å². The Hall–Kier alpha value is -2.29. The van der Waals surface area contributed by atoms with Crippen molar-refractivity contribution < 1.29 is 0 Å². The zero-order valence-corrected chi connectivity index (χ0v) is 9.57. The van der Waals surface area contributed by atoms with Gasteiger partial charge in [0.1, 0.15) is 0 Å². The molecule has 0 atom stereocenters. The van der Waals surface area contributed by atoms with E-state index >= 15 is 0 Å². The van der Waals surface area contributed by atoms with E-state index in [1.807, 2.05) is 18.3 Å². The SMILES string of the molecule is Cc1ccc2[nH]cc(-c3ccc(N)cn3)c2c1. The van der Waals surface area contributed by atoms with Crippen molar-refractivity contribution in [2.45, 2.75) is 6.92 Å². The van der Waals surface area contributed by atoms with Gasteiger partial charge in [-0.3, -0.25) is 4.98 Å². The van der Waals surface area contributed by atoms with Crippen molar-refractivity contribution in [1.29, 1.82) is 0 Å². The first-order valence-electron chi connectivity index (χ1n) is 5.54. The van der Waals surface area contributed by atoms with E-state index in [0.717, 1.165) is 16.8 Å². The maximum atomic E-state index is 5.65. The topological polar surface area (TPSA) is 54.7 Å². The Kier molecular flexibility index (Phi) is 2.11. The van der Waals surface area contributed by atoms with Gasteiger partial charge in [-0.25, -0.2) is 0 Å². The second-order valence-corrected chi connectivity index (χ2v) is 4.23. The van der Waals surface area contributed by atoms with E-state index in [1.165, 1.54) is 10.9 Å². The Bertz CT molecular complexity index is 666. The maximum absolute atomic E-state index is 5.65. The second kappa shape index (κ2) is 3.63. The molecule has 0 bridgehead atoms. The number of anilines is 1. The number of hydrogen-bond acceptors (Lipinski definition) is 2. The Balaban J connectivity index is 2.23. The quantitative estimate of drug-likeness (QED) is 0.666. The number of aromatic amines is 1. The fourth-order valence-corrected chi connectivity index (χ4v) is 2.01. The van der Waals surface area contributed by atoms with Gasteiger partial charge < -0.3 is 10.7 Å². The molecular formula is C14H13N3. The summed E-state index contributed by atoms with van der Waals surface area (Å²) >= 11 is 0. The summed E-state index contributed by atoms with van der Waals surface area (Å²) in [7, 11) is 0. The molecule has 0 radical (unpaired) electrons. The highest BCUT2D eigenvalue weighted by Gasteiger charge is 2.06. The third-order valence-electron chi connectivity index (χ3n) is 2.90. The number of nitrogens with zero attached hydrogens (tertiary/aromatic N) is 1. The average Bonchev–Trinajstić information content (AvgIpc) is 2.73. The van der Waals surface area contributed by atoms with Crippen molar-refractivity contribution in [3.63, 3.8) is 0 Å². The van der Waals surface area contributed by atoms with Gasteiger partial charge in [-0.05, 0) is 31.2 Å². The van der Waals surface area contributed by atoms with Crippen LogP contribution in [-0.2, 0) is 0 Å². The third-order valence-corrected chi connectivity index (χ3v) is 2.90. The number of benzene rings is 1. The molecule has 17 heavy (non-hydrogen) atoms. The maximum Gasteiger partial charge on any atom is 0.0725 e. The number of rotatable bonds is 1. The molecule has 3 nitrogen and oxygen atoms in total. The molecule has 0 saturated heterocycles. The molecule has 2 aromatic heterocycles. The summed E-state index contributed by atoms with van der Waals surface area (Å²) in [4.78, 5) is 7.61. The van der Waals surface area contributed by atoms with Gasteiger partial charge in [0.2, 0.25) is 0 Å². The van der Waals surface area contributed by atoms with E-state index in [2.05, 4.69) is 35.1 Å². The van der Waals surface area contributed by atoms with Crippen LogP contribution in [-0.4, -0.2) is 9.97 Å². The number of hydrogen-bond donors (Lipinski definition) is 2. The third kappa shape index (κ3) is 1.65. The number of aromatic nitrogens is 2. The zero-order valence-electron chi connectivity index (χ0n) is 9.57. The molecular weight excluding hydrogens is 210 g/mol. The molecule has 0 saturated carbocycles. The minimum atomic E-state index is 0.685. The fraction of sp³-hybridized carbons (Fsp3) is 0.0714. The lowest BCUT2D eigenvalue weighted by Crippen LogP contribution is -1.87. The van der Waals surface area contributed by atoms with Gasteiger partial charge in [-0.15, -0.1) is 0 Å². The largest absolute Gasteiger partial charge is 0.397 e. The lowest BCUT2D eigenvalue weighted by Gasteiger charge is -2.00. The first kappa shape index (κ1) is 9.90. The highest BCUT2D eigenvalue weighted by atomic mass is 14.7. The first-order chi connectivity index (χ1) is 8.24. The van der Waals surface area contributed by atoms with Crippen LogP contribution in [0.3, 0.4) is 0 Å². The van der Waals surface area contributed by atoms with Gasteiger partial charge in [-0.2, -0.15) is 0 Å². The van der Waals surface area contributed by atoms with Crippen LogP contribution in [0.1, 0.15) is 5.56 Å². The van der Waals surface area contributed by atoms with Gasteiger partial charge in [-0.1, -0.05) is 11.6 Å². The van der Waals surface area contributed by atoms with Crippen molar-refractivity contribution in [1.82, 2.24) is 9.97 Å². The van der Waals surface area contributed by atoms with Gasteiger partial charge >= 0.3 is 0 Å². The number of aryl methyl sites for hydroxylation is 1. The number of fused-ring (bicyclic) bond motifs is 1. The summed E-state index contributed by atoms with van der Waals surface area (Å²) in [6.45, 7) is 2.09. The average molecular weight is 223 g/mol. The molecule has 0 amide bonds. The molecule has 84 valence electrons. The molecule has 0 spiro atoms. The number of H-pyrrole nitrogens is 1. The van der Waals surface area contributed by atoms with Crippen LogP contribution in [0, 0.1) is 6.92 Å². The van der Waals surface area contributed by atoms with Crippen LogP contribution in [0.25, 0.3) is 22.2 Å². The smallest absolute Gasteiger partial charge is 0.0725 e. The summed E-state index contributed by atoms with van der Waals surface area (Å²) in [5, 5.41) is 1.20. The lowest BCUT2D eigenvalue weighted by atomic mass is 10.1. The summed E-state index contributed by atoms with van der Waals surface area (Å²) in [6.07, 6.45) is 3.67. The fourth-order valence-electron chi connectivity index (χ4n) is 2.01. The molecule has 0 aliphatic carbocycles. The first-order valence-corrected chi connectivity index (χ1v) is 5.54. The predicted octanol–water partition coefficient (Wildman–Crippen LogP) is 3.12. The second-order valence-electron chi connectivity index (χ2n) is 4.23. The van der Waals surface area contributed by atoms with Crippen molar-refractivity contribution in [3.05, 3.63) is 48.3 Å². The summed E-state index contributed by atoms with van der Waals surface area (Å²) in [5.74, 6) is 0. The Morgan fingerprint density at radius 2 is 2.06 bits per heavy atom. The van der Waals surface area contributed by atoms with Gasteiger partial charge in [0.25, 0.3) is 0 Å². The van der Waals surface area contributed by atoms with Crippen molar-refractivity contribution in [2.75, 3.05) is 5.73 Å². The molecule has 3 N–H and O–H groups in total. The van der Waals surface area contributed by atoms with Crippen molar-refractivity contribution in [2.24, 2.45) is 0 Å². The highest BCUT2D eigenvalue weighted by Crippen LogP contribution is 2.28. The summed E-state index contributed by atoms with van der Waals surface area (Å²) in [6, 6.07) is 10.2. The number of nitrogen functional groups attached to an aromatic ring is 1. The summed E-state index contributed by atoms with van der Waals surface area (Å²) < 4.78 is 0. The minimum Gasteiger partial charge on any atom is -0.397 e. The van der Waals surface area contributed by atoms with E-state index in [-0.39, 0.29) is 0 Å². The van der Waals surface area contributed by atoms with Gasteiger partial charge in [0.05, 0.1) is 17.6 Å². The molecule has 2 heterocycles. The number of pyridine rings is 1. The van der Waals surface area contributed by atoms with Gasteiger partial charge in [0.15, 0.2) is 0 Å². The monoisotopic (exact) mass is 223 g/mol. The standard InChI is InChI=1S/C14H13N3/c1-9-2-4-13-11(6-9)12(8-17-13)14-5-3-10(15)7-16-14/h2-8,17H,15H2,1H3. The van der Waals surface area contributed by atoms with Crippen LogP contribution in [0.4, 0.5) is 5.69 Å². The van der Waals surface area contributed by atoms with Crippen LogP contribution in [0.15, 0.2) is 42.7 Å². The minimum absolute atomic E-state index is 0.685. The van der Waals surface area contributed by atoms with Crippen molar-refractivity contribution >= 4 is 16.6 Å². The molecule has 0 aliphatic rings. The predicted molar refractivity (Wildman–Crippen MR) is 70.7 cm³/mol. The van der Waals surface area contributed by atoms with E-state index in [9.17, 15) is 0 Å². The number of nitrogens with one attached hydrogen (secondary N) is 1. The van der Waals surface area contributed by atoms with Crippen LogP contribution in [0.2, 0.25) is 0 Å². The molecule has 3 heteroatoms. The van der Waals surface area contributed by atoms with Crippen LogP contribution < -0.4 is 5.73 Å². The number of nitrogens with two attached hydrogens (primary N) is 1. The molecule has 0 unspecified atom stereocenters. The van der Waals surface area contributed by atoms with Gasteiger partial charge in [0, 0.05) is 22.7 Å². The molecule has 1 aromatic carbocycles. The molecule has 0 aliphatic heterocycles. The van der Waals surface area contributed by atoms with Crippen LogP contribution in [0.5, 0.6) is 0 Å². The Morgan fingerprint density at radius 1 is 1.18 bits per heavy atom. The van der Waals surface area contributed by atoms with Crippen LogP contribution >= 0.6 is 0 Å². The summed E-state index contributed by atoms with van der Waals surface area (Å²) in [5.41, 5.74) is 10.8. The van der Waals surface area contributed by atoms with E-state index in [0.29, 0.717) is 5.69 Å². The van der Waals surface area contributed by atoms with E-state index in [4.69, 9.17) is 5.73 Å².